The predicted molar refractivity (Wildman–Crippen MR) is 49.5 cm³/mol. The number of nitrogen functional groups attached to an aromatic ring is 1. The maximum Gasteiger partial charge on any atom is 0.163 e. The fourth-order valence-electron chi connectivity index (χ4n) is 1.08. The van der Waals surface area contributed by atoms with Gasteiger partial charge in [0.05, 0.1) is 0 Å². The van der Waals surface area contributed by atoms with Gasteiger partial charge in [-0.3, -0.25) is 0 Å². The van der Waals surface area contributed by atoms with Gasteiger partial charge in [-0.05, 0) is 15.9 Å². The largest absolute Gasteiger partial charge is 1.00 e. The molecule has 1 aromatic carbocycles. The highest BCUT2D eigenvalue weighted by Crippen LogP contribution is 2.36. The van der Waals surface area contributed by atoms with Gasteiger partial charge >= 0.3 is 0 Å². The molecule has 0 amide bonds. The lowest BCUT2D eigenvalue weighted by atomic mass is 10.3. The van der Waals surface area contributed by atoms with Crippen LogP contribution < -0.4 is 27.6 Å². The van der Waals surface area contributed by atoms with Crippen molar-refractivity contribution in [3.63, 3.8) is 0 Å². The Kier molecular flexibility index (Phi) is 3.27. The molecule has 2 rings (SSSR count). The first kappa shape index (κ1) is 10.5. The van der Waals surface area contributed by atoms with E-state index in [0.29, 0.717) is 18.9 Å². The zero-order chi connectivity index (χ0) is 8.55. The number of hydrogen-bond acceptors (Lipinski definition) is 3. The quantitative estimate of drug-likeness (QED) is 0.600. The minimum atomic E-state index is 0. The number of halogens is 2. The Morgan fingerprint density at radius 3 is 2.31 bits per heavy atom. The lowest BCUT2D eigenvalue weighted by molar-refractivity contribution is -0.00000292. The molecular weight excluding hydrogens is 257 g/mol. The Labute approximate surface area is 90.7 Å². The normalized spacial score (nSPS) is 13.3. The van der Waals surface area contributed by atoms with Crippen LogP contribution in [0, 0.1) is 0 Å². The van der Waals surface area contributed by atoms with Gasteiger partial charge in [-0.1, -0.05) is 0 Å². The van der Waals surface area contributed by atoms with Crippen molar-refractivity contribution in [2.75, 3.05) is 18.9 Å². The van der Waals surface area contributed by atoms with Crippen LogP contribution in [-0.4, -0.2) is 13.2 Å². The molecule has 1 heterocycles. The predicted octanol–water partition coefficient (Wildman–Crippen LogP) is -1.19. The molecule has 1 aliphatic heterocycles. The van der Waals surface area contributed by atoms with Crippen LogP contribution in [0.2, 0.25) is 0 Å². The van der Waals surface area contributed by atoms with Gasteiger partial charge in [-0.15, -0.1) is 0 Å². The Bertz CT molecular complexity index is 288. The van der Waals surface area contributed by atoms with E-state index >= 15 is 0 Å². The molecule has 13 heavy (non-hydrogen) atoms. The molecule has 0 atom stereocenters. The van der Waals surface area contributed by atoms with Crippen LogP contribution in [-0.2, 0) is 0 Å². The molecule has 0 bridgehead atoms. The fourth-order valence-corrected chi connectivity index (χ4v) is 1.40. The summed E-state index contributed by atoms with van der Waals surface area (Å²) in [6.45, 7) is 1.19. The summed E-state index contributed by atoms with van der Waals surface area (Å²) >= 11 is 3.31. The molecule has 0 aromatic heterocycles. The molecule has 0 radical (unpaired) electrons. The molecule has 0 fully saturated rings. The van der Waals surface area contributed by atoms with Gasteiger partial charge < -0.3 is 27.6 Å². The third-order valence-electron chi connectivity index (χ3n) is 1.66. The second-order valence-electron chi connectivity index (χ2n) is 2.52. The smallest absolute Gasteiger partial charge is 0.163 e. The number of benzene rings is 1. The maximum absolute atomic E-state index is 5.66. The van der Waals surface area contributed by atoms with Gasteiger partial charge in [0.25, 0.3) is 0 Å². The molecule has 0 saturated heterocycles. The summed E-state index contributed by atoms with van der Waals surface area (Å²) in [6, 6.07) is 3.59. The van der Waals surface area contributed by atoms with Crippen molar-refractivity contribution in [1.82, 2.24) is 0 Å². The minimum absolute atomic E-state index is 0. The van der Waals surface area contributed by atoms with Crippen LogP contribution in [0.5, 0.6) is 11.5 Å². The summed E-state index contributed by atoms with van der Waals surface area (Å²) in [5.74, 6) is 1.48. The molecule has 1 aliphatic rings. The van der Waals surface area contributed by atoms with Crippen molar-refractivity contribution in [3.05, 3.63) is 16.6 Å². The molecular formula is C8H8BrClNO2-. The second-order valence-corrected chi connectivity index (χ2v) is 3.37. The lowest BCUT2D eigenvalue weighted by Crippen LogP contribution is -3.00. The number of anilines is 1. The first-order chi connectivity index (χ1) is 5.77. The van der Waals surface area contributed by atoms with E-state index in [-0.39, 0.29) is 12.4 Å². The van der Waals surface area contributed by atoms with E-state index < -0.39 is 0 Å². The first-order valence-corrected chi connectivity index (χ1v) is 4.41. The molecule has 0 spiro atoms. The van der Waals surface area contributed by atoms with Crippen LogP contribution in [0.25, 0.3) is 0 Å². The SMILES string of the molecule is Nc1cc2c(cc1Br)OCCO2.[Cl-]. The van der Waals surface area contributed by atoms with Gasteiger partial charge in [0.15, 0.2) is 11.5 Å². The number of fused-ring (bicyclic) bond motifs is 1. The summed E-state index contributed by atoms with van der Waals surface area (Å²) in [5, 5.41) is 0. The van der Waals surface area contributed by atoms with E-state index in [0.717, 1.165) is 16.0 Å². The number of ether oxygens (including phenoxy) is 2. The molecule has 5 heteroatoms. The van der Waals surface area contributed by atoms with Crippen molar-refractivity contribution < 1.29 is 21.9 Å². The van der Waals surface area contributed by atoms with Crippen molar-refractivity contribution >= 4 is 21.6 Å². The zero-order valence-corrected chi connectivity index (χ0v) is 9.06. The van der Waals surface area contributed by atoms with Crippen LogP contribution in [0.3, 0.4) is 0 Å². The van der Waals surface area contributed by atoms with Crippen LogP contribution in [0.15, 0.2) is 16.6 Å². The van der Waals surface area contributed by atoms with E-state index in [9.17, 15) is 0 Å². The van der Waals surface area contributed by atoms with E-state index in [2.05, 4.69) is 15.9 Å². The van der Waals surface area contributed by atoms with E-state index in [1.165, 1.54) is 0 Å². The second kappa shape index (κ2) is 4.07. The van der Waals surface area contributed by atoms with Crippen LogP contribution >= 0.6 is 15.9 Å². The zero-order valence-electron chi connectivity index (χ0n) is 6.72. The van der Waals surface area contributed by atoms with Gasteiger partial charge in [-0.2, -0.15) is 0 Å². The molecule has 2 N–H and O–H groups in total. The van der Waals surface area contributed by atoms with Gasteiger partial charge in [0, 0.05) is 22.3 Å². The third-order valence-corrected chi connectivity index (χ3v) is 2.35. The van der Waals surface area contributed by atoms with Crippen molar-refractivity contribution in [2.45, 2.75) is 0 Å². The van der Waals surface area contributed by atoms with Gasteiger partial charge in [0.1, 0.15) is 13.2 Å². The monoisotopic (exact) mass is 264 g/mol. The van der Waals surface area contributed by atoms with E-state index in [1.807, 2.05) is 6.07 Å². The standard InChI is InChI=1S/C8H8BrNO2.ClH/c9-5-3-7-8(4-6(5)10)12-2-1-11-7;/h3-4H,1-2,10H2;1H/p-1. The molecule has 72 valence electrons. The van der Waals surface area contributed by atoms with Crippen molar-refractivity contribution in [1.29, 1.82) is 0 Å². The number of hydrogen-bond donors (Lipinski definition) is 1. The number of nitrogens with two attached hydrogens (primary N) is 1. The summed E-state index contributed by atoms with van der Waals surface area (Å²) < 4.78 is 11.5. The molecule has 1 aromatic rings. The first-order valence-electron chi connectivity index (χ1n) is 3.62. The highest BCUT2D eigenvalue weighted by atomic mass is 79.9. The van der Waals surface area contributed by atoms with Crippen molar-refractivity contribution in [3.8, 4) is 11.5 Å². The van der Waals surface area contributed by atoms with E-state index in [1.54, 1.807) is 6.07 Å². The van der Waals surface area contributed by atoms with E-state index in [4.69, 9.17) is 15.2 Å². The molecule has 0 saturated carbocycles. The summed E-state index contributed by atoms with van der Waals surface area (Å²) in [6.07, 6.45) is 0. The maximum atomic E-state index is 5.66. The summed E-state index contributed by atoms with van der Waals surface area (Å²) in [7, 11) is 0. The third kappa shape index (κ3) is 2.00. The Balaban J connectivity index is 0.000000845. The van der Waals surface area contributed by atoms with Crippen LogP contribution in [0.1, 0.15) is 0 Å². The molecule has 3 nitrogen and oxygen atoms in total. The Hall–Kier alpha value is -0.610. The topological polar surface area (TPSA) is 44.5 Å². The van der Waals surface area contributed by atoms with Crippen molar-refractivity contribution in [2.24, 2.45) is 0 Å². The average molecular weight is 266 g/mol. The lowest BCUT2D eigenvalue weighted by Gasteiger charge is -2.18. The van der Waals surface area contributed by atoms with Gasteiger partial charge in [-0.25, -0.2) is 0 Å². The average Bonchev–Trinajstić information content (AvgIpc) is 2.07. The Morgan fingerprint density at radius 1 is 1.15 bits per heavy atom. The van der Waals surface area contributed by atoms with Crippen LogP contribution in [0.4, 0.5) is 5.69 Å². The highest BCUT2D eigenvalue weighted by molar-refractivity contribution is 9.10. The summed E-state index contributed by atoms with van der Waals surface area (Å²) in [4.78, 5) is 0. The Morgan fingerprint density at radius 2 is 1.69 bits per heavy atom. The molecule has 0 aliphatic carbocycles. The fraction of sp³-hybridized carbons (Fsp3) is 0.250. The minimum Gasteiger partial charge on any atom is -1.00 e. The highest BCUT2D eigenvalue weighted by Gasteiger charge is 2.12. The molecule has 0 unspecified atom stereocenters. The summed E-state index contributed by atoms with van der Waals surface area (Å²) in [5.41, 5.74) is 6.33. The number of rotatable bonds is 0. The van der Waals surface area contributed by atoms with Gasteiger partial charge in [0.2, 0.25) is 0 Å².